The Morgan fingerprint density at radius 1 is 0.317 bits per heavy atom. The Morgan fingerprint density at radius 2 is 0.517 bits per heavy atom. The van der Waals surface area contributed by atoms with Crippen LogP contribution in [0.2, 0.25) is 0 Å². The Hall–Kier alpha value is 0.940. The largest absolute Gasteiger partial charge is 0.103 e. The average Bonchev–Trinajstić information content (AvgIpc) is 3.00. The van der Waals surface area contributed by atoms with Crippen LogP contribution >= 0.6 is 34.3 Å². The summed E-state index contributed by atoms with van der Waals surface area (Å²) in [5, 5.41) is 4.05. The van der Waals surface area contributed by atoms with Gasteiger partial charge in [0.15, 0.2) is 0 Å². The van der Waals surface area contributed by atoms with Gasteiger partial charge in [-0.15, -0.1) is 34.3 Å². The van der Waals surface area contributed by atoms with E-state index in [1.165, 1.54) is 25.7 Å². The molecule has 16 aliphatic carbocycles. The Balaban J connectivity index is 0.930. The molecule has 0 nitrogen and oxygen atoms in total. The number of benzene rings is 1. The molecule has 12 atom stereocenters. The Labute approximate surface area is 375 Å². The minimum Gasteiger partial charge on any atom is -0.103 e. The van der Waals surface area contributed by atoms with Gasteiger partial charge < -0.3 is 0 Å². The Kier molecular flexibility index (Phi) is 8.59. The standard InChI is InChI=1S/C56H86P4/c1-45-13-37-14-46(2,25-45)30-53(21-37,29-45)57-43(58-54-22-38-15-47(3,31-54)26-48(4,16-38)32-54)41-11-9-10-12-42(41)44(59-55-23-39-17-49(5,33-55)27-50(6,18-39)34-55)60-56-24-40-19-51(7,35-56)28-52(8,20-40)36-56/h9-12,37-40,43-44,57-60H,13-36H2,1-8H3. The maximum Gasteiger partial charge on any atom is 0.0199 e. The SMILES string of the molecule is CC12CC3CC(C)(C1)CC(PC(PC14CC5CC(C)(CC(C)(C5)C1)C4)c1ccccc1C(PC14CC5CC(C)(CC(C)(C5)C1)C4)PC14CC5CC(C)(CC(C)(C5)C1)C4)(C3)C2. The molecule has 330 valence electrons. The van der Waals surface area contributed by atoms with Crippen LogP contribution in [0.4, 0.5) is 0 Å². The van der Waals surface area contributed by atoms with Crippen LogP contribution in [0.3, 0.4) is 0 Å². The molecule has 0 aromatic heterocycles. The van der Waals surface area contributed by atoms with Gasteiger partial charge in [0, 0.05) is 10.8 Å². The van der Waals surface area contributed by atoms with Crippen molar-refractivity contribution in [2.24, 2.45) is 67.0 Å². The van der Waals surface area contributed by atoms with Crippen molar-refractivity contribution in [1.29, 1.82) is 0 Å². The molecule has 0 aliphatic heterocycles. The molecule has 1 aromatic carbocycles. The summed E-state index contributed by atoms with van der Waals surface area (Å²) in [5.74, 6) is 4.03. The lowest BCUT2D eigenvalue weighted by atomic mass is 9.45. The van der Waals surface area contributed by atoms with E-state index in [0.717, 1.165) is 68.8 Å². The molecule has 0 saturated heterocycles. The van der Waals surface area contributed by atoms with Crippen LogP contribution in [0.5, 0.6) is 0 Å². The summed E-state index contributed by atoms with van der Waals surface area (Å²) in [7, 11) is 4.62. The molecule has 0 spiro atoms. The Bertz CT molecular complexity index is 1650. The van der Waals surface area contributed by atoms with Gasteiger partial charge in [-0.3, -0.25) is 0 Å². The van der Waals surface area contributed by atoms with Crippen LogP contribution in [0.15, 0.2) is 24.3 Å². The molecule has 17 rings (SSSR count). The molecule has 1 aromatic rings. The van der Waals surface area contributed by atoms with Crippen LogP contribution < -0.4 is 0 Å². The predicted octanol–water partition coefficient (Wildman–Crippen LogP) is 17.4. The first kappa shape index (κ1) is 41.2. The van der Waals surface area contributed by atoms with Crippen molar-refractivity contribution in [1.82, 2.24) is 0 Å². The lowest BCUT2D eigenvalue weighted by Crippen LogP contribution is -2.57. The second-order valence-electron chi connectivity index (χ2n) is 30.7. The summed E-state index contributed by atoms with van der Waals surface area (Å²) >= 11 is 0. The summed E-state index contributed by atoms with van der Waals surface area (Å²) in [6.45, 7) is 22.2. The highest BCUT2D eigenvalue weighted by Crippen LogP contribution is 2.82. The zero-order valence-electron chi connectivity index (χ0n) is 39.7. The quantitative estimate of drug-likeness (QED) is 0.205. The molecule has 16 bridgehead atoms. The predicted molar refractivity (Wildman–Crippen MR) is 266 cm³/mol. The van der Waals surface area contributed by atoms with Crippen molar-refractivity contribution in [3.05, 3.63) is 35.4 Å². The van der Waals surface area contributed by atoms with Crippen molar-refractivity contribution >= 4 is 34.3 Å². The molecule has 0 amide bonds. The van der Waals surface area contributed by atoms with E-state index in [1.54, 1.807) is 128 Å². The fraction of sp³-hybridized carbons (Fsp3) is 0.893. The summed E-state index contributed by atoms with van der Waals surface area (Å²) in [6.07, 6.45) is 37.4. The highest BCUT2D eigenvalue weighted by Gasteiger charge is 2.66. The van der Waals surface area contributed by atoms with Crippen LogP contribution in [0.25, 0.3) is 0 Å². The summed E-state index contributed by atoms with van der Waals surface area (Å²) in [6, 6.07) is 10.9. The lowest BCUT2D eigenvalue weighted by Gasteiger charge is -2.68. The third kappa shape index (κ3) is 6.69. The van der Waals surface area contributed by atoms with Crippen molar-refractivity contribution in [3.8, 4) is 0 Å². The Morgan fingerprint density at radius 3 is 0.700 bits per heavy atom. The zero-order chi connectivity index (χ0) is 41.2. The van der Waals surface area contributed by atoms with E-state index in [1.807, 2.05) is 11.1 Å². The van der Waals surface area contributed by atoms with Gasteiger partial charge in [0.05, 0.1) is 0 Å². The number of hydrogen-bond acceptors (Lipinski definition) is 0. The van der Waals surface area contributed by atoms with Crippen LogP contribution in [-0.2, 0) is 0 Å². The van der Waals surface area contributed by atoms with E-state index in [2.05, 4.69) is 79.7 Å². The minimum atomic E-state index is 0.607. The van der Waals surface area contributed by atoms with Gasteiger partial charge in [0.2, 0.25) is 0 Å². The van der Waals surface area contributed by atoms with Crippen LogP contribution in [0.1, 0.15) is 231 Å². The molecule has 16 fully saturated rings. The second kappa shape index (κ2) is 12.5. The number of rotatable bonds is 10. The molecular formula is C56H86P4. The minimum absolute atomic E-state index is 0.607. The van der Waals surface area contributed by atoms with Crippen molar-refractivity contribution in [3.63, 3.8) is 0 Å². The van der Waals surface area contributed by atoms with Gasteiger partial charge in [0.25, 0.3) is 0 Å². The first-order valence-corrected chi connectivity index (χ1v) is 30.5. The summed E-state index contributed by atoms with van der Waals surface area (Å²) in [5.41, 5.74) is 8.78. The van der Waals surface area contributed by atoms with E-state index in [0.29, 0.717) is 63.9 Å². The topological polar surface area (TPSA) is 0 Å². The summed E-state index contributed by atoms with van der Waals surface area (Å²) in [4.78, 5) is 0. The van der Waals surface area contributed by atoms with Gasteiger partial charge in [-0.2, -0.15) is 0 Å². The van der Waals surface area contributed by atoms with E-state index >= 15 is 0 Å². The lowest BCUT2D eigenvalue weighted by molar-refractivity contribution is -0.0801. The van der Waals surface area contributed by atoms with E-state index in [-0.39, 0.29) is 0 Å². The van der Waals surface area contributed by atoms with Crippen LogP contribution in [0, 0.1) is 67.0 Å². The molecule has 4 heteroatoms. The van der Waals surface area contributed by atoms with Crippen molar-refractivity contribution in [2.75, 3.05) is 0 Å². The van der Waals surface area contributed by atoms with Gasteiger partial charge in [-0.05, 0) is 253 Å². The van der Waals surface area contributed by atoms with Gasteiger partial charge >= 0.3 is 0 Å². The highest BCUT2D eigenvalue weighted by molar-refractivity contribution is 7.59. The van der Waals surface area contributed by atoms with E-state index in [4.69, 9.17) is 0 Å². The third-order valence-corrected chi connectivity index (χ3v) is 30.7. The third-order valence-electron chi connectivity index (χ3n) is 21.9. The molecule has 0 radical (unpaired) electrons. The van der Waals surface area contributed by atoms with Gasteiger partial charge in [-0.1, -0.05) is 79.7 Å². The van der Waals surface area contributed by atoms with Crippen LogP contribution in [-0.4, -0.2) is 20.6 Å². The highest BCUT2D eigenvalue weighted by atomic mass is 31.1. The molecule has 12 unspecified atom stereocenters. The maximum absolute atomic E-state index is 2.85. The maximum atomic E-state index is 2.85. The molecule has 16 aliphatic rings. The van der Waals surface area contributed by atoms with E-state index in [9.17, 15) is 0 Å². The smallest absolute Gasteiger partial charge is 0.0199 e. The fourth-order valence-electron chi connectivity index (χ4n) is 25.1. The van der Waals surface area contributed by atoms with Crippen molar-refractivity contribution in [2.45, 2.75) is 241 Å². The zero-order valence-corrected chi connectivity index (χ0v) is 43.7. The first-order chi connectivity index (χ1) is 28.0. The first-order valence-electron chi connectivity index (χ1n) is 26.2. The average molecular weight is 883 g/mol. The molecular weight excluding hydrogens is 797 g/mol. The summed E-state index contributed by atoms with van der Waals surface area (Å²) < 4.78 is 0. The molecule has 60 heavy (non-hydrogen) atoms. The van der Waals surface area contributed by atoms with Crippen molar-refractivity contribution < 1.29 is 0 Å². The fourth-order valence-corrected chi connectivity index (χ4v) is 39.3. The number of hydrogen-bond donors (Lipinski definition) is 0. The normalized spacial score (nSPS) is 60.1. The molecule has 0 heterocycles. The molecule has 16 saturated carbocycles. The van der Waals surface area contributed by atoms with Gasteiger partial charge in [0.1, 0.15) is 0 Å². The second-order valence-corrected chi connectivity index (χ2v) is 39.6. The molecule has 0 N–H and O–H groups in total. The van der Waals surface area contributed by atoms with Gasteiger partial charge in [-0.25, -0.2) is 0 Å². The van der Waals surface area contributed by atoms with E-state index < -0.39 is 0 Å². The monoisotopic (exact) mass is 883 g/mol.